The highest BCUT2D eigenvalue weighted by Gasteiger charge is 2.35. The molecule has 3 fully saturated rings. The minimum Gasteiger partial charge on any atom is -0.299 e. The molecule has 15 heavy (non-hydrogen) atoms. The highest BCUT2D eigenvalue weighted by Crippen LogP contribution is 2.17. The van der Waals surface area contributed by atoms with Crippen LogP contribution in [-0.2, 0) is 4.79 Å². The zero-order chi connectivity index (χ0) is 10.7. The van der Waals surface area contributed by atoms with Crippen molar-refractivity contribution in [2.24, 2.45) is 0 Å². The van der Waals surface area contributed by atoms with Crippen LogP contribution in [0.25, 0.3) is 0 Å². The molecule has 82 valence electrons. The highest BCUT2D eigenvalue weighted by atomic mass is 16.1. The average Bonchev–Trinajstić information content (AvgIpc) is 2.30. The maximum Gasteiger partial charge on any atom is 0.152 e. The van der Waals surface area contributed by atoms with Gasteiger partial charge in [-0.3, -0.25) is 14.6 Å². The lowest BCUT2D eigenvalue weighted by Gasteiger charge is -2.46. The molecule has 0 aromatic heterocycles. The summed E-state index contributed by atoms with van der Waals surface area (Å²) in [4.78, 5) is 16.7. The average molecular weight is 206 g/mol. The number of fused-ring (bicyclic) bond motifs is 3. The van der Waals surface area contributed by atoms with Gasteiger partial charge in [-0.1, -0.05) is 0 Å². The SMILES string of the molecule is CC#CCCC(=O)C1CN2CCN1CC2. The first kappa shape index (κ1) is 10.7. The molecule has 0 aliphatic carbocycles. The van der Waals surface area contributed by atoms with E-state index in [2.05, 4.69) is 21.6 Å². The van der Waals surface area contributed by atoms with Crippen LogP contribution >= 0.6 is 0 Å². The zero-order valence-corrected chi connectivity index (χ0v) is 9.33. The van der Waals surface area contributed by atoms with E-state index in [4.69, 9.17) is 0 Å². The number of hydrogen-bond donors (Lipinski definition) is 0. The van der Waals surface area contributed by atoms with Crippen LogP contribution in [-0.4, -0.2) is 54.3 Å². The van der Waals surface area contributed by atoms with Crippen molar-refractivity contribution in [3.8, 4) is 11.8 Å². The monoisotopic (exact) mass is 206 g/mol. The minimum atomic E-state index is 0.158. The first-order valence-corrected chi connectivity index (χ1v) is 5.70. The molecule has 3 saturated heterocycles. The van der Waals surface area contributed by atoms with Gasteiger partial charge in [0, 0.05) is 45.6 Å². The third-order valence-electron chi connectivity index (χ3n) is 3.32. The normalized spacial score (nSPS) is 33.3. The van der Waals surface area contributed by atoms with Crippen LogP contribution in [0.15, 0.2) is 0 Å². The van der Waals surface area contributed by atoms with Crippen LogP contribution in [0, 0.1) is 11.8 Å². The van der Waals surface area contributed by atoms with Crippen molar-refractivity contribution in [1.29, 1.82) is 0 Å². The van der Waals surface area contributed by atoms with Crippen LogP contribution < -0.4 is 0 Å². The molecule has 3 heteroatoms. The summed E-state index contributed by atoms with van der Waals surface area (Å²) < 4.78 is 0. The first-order chi connectivity index (χ1) is 7.31. The molecule has 0 N–H and O–H groups in total. The number of hydrogen-bond acceptors (Lipinski definition) is 3. The van der Waals surface area contributed by atoms with Gasteiger partial charge >= 0.3 is 0 Å². The molecule has 2 bridgehead atoms. The highest BCUT2D eigenvalue weighted by molar-refractivity contribution is 5.84. The minimum absolute atomic E-state index is 0.158. The smallest absolute Gasteiger partial charge is 0.152 e. The predicted molar refractivity (Wildman–Crippen MR) is 59.5 cm³/mol. The standard InChI is InChI=1S/C12H18N2O/c1-2-3-4-5-12(15)11-10-13-6-8-14(11)9-7-13/h11H,4-10H2,1H3. The van der Waals surface area contributed by atoms with Crippen molar-refractivity contribution >= 4 is 5.78 Å². The Bertz CT molecular complexity index is 294. The van der Waals surface area contributed by atoms with Gasteiger partial charge in [0.1, 0.15) is 0 Å². The molecule has 3 aliphatic heterocycles. The van der Waals surface area contributed by atoms with Crippen molar-refractivity contribution in [1.82, 2.24) is 9.80 Å². The van der Waals surface area contributed by atoms with E-state index in [1.54, 1.807) is 0 Å². The van der Waals surface area contributed by atoms with E-state index in [1.165, 1.54) is 0 Å². The summed E-state index contributed by atoms with van der Waals surface area (Å²) in [7, 11) is 0. The van der Waals surface area contributed by atoms with Crippen LogP contribution in [0.5, 0.6) is 0 Å². The number of piperazine rings is 3. The first-order valence-electron chi connectivity index (χ1n) is 5.70. The second-order valence-corrected chi connectivity index (χ2v) is 4.25. The molecule has 0 aromatic rings. The molecule has 3 nitrogen and oxygen atoms in total. The van der Waals surface area contributed by atoms with Gasteiger partial charge in [0.15, 0.2) is 5.78 Å². The van der Waals surface area contributed by atoms with Crippen molar-refractivity contribution in [3.05, 3.63) is 0 Å². The molecule has 0 aromatic carbocycles. The van der Waals surface area contributed by atoms with Gasteiger partial charge in [-0.15, -0.1) is 11.8 Å². The summed E-state index contributed by atoms with van der Waals surface area (Å²) in [5, 5.41) is 0. The van der Waals surface area contributed by atoms with Crippen molar-refractivity contribution in [3.63, 3.8) is 0 Å². The fourth-order valence-corrected chi connectivity index (χ4v) is 2.40. The Hall–Kier alpha value is -0.850. The maximum absolute atomic E-state index is 11.9. The van der Waals surface area contributed by atoms with Gasteiger partial charge in [0.25, 0.3) is 0 Å². The second kappa shape index (κ2) is 4.78. The van der Waals surface area contributed by atoms with E-state index < -0.39 is 0 Å². The molecular formula is C12H18N2O. The van der Waals surface area contributed by atoms with E-state index in [0.29, 0.717) is 12.2 Å². The van der Waals surface area contributed by atoms with Gasteiger partial charge in [-0.25, -0.2) is 0 Å². The Balaban J connectivity index is 1.87. The van der Waals surface area contributed by atoms with E-state index in [9.17, 15) is 4.79 Å². The van der Waals surface area contributed by atoms with Gasteiger partial charge in [-0.05, 0) is 6.92 Å². The van der Waals surface area contributed by atoms with Crippen LogP contribution in [0.2, 0.25) is 0 Å². The number of ketones is 1. The van der Waals surface area contributed by atoms with Gasteiger partial charge in [-0.2, -0.15) is 0 Å². The molecule has 1 atom stereocenters. The van der Waals surface area contributed by atoms with Gasteiger partial charge < -0.3 is 0 Å². The topological polar surface area (TPSA) is 23.6 Å². The molecule has 1 unspecified atom stereocenters. The quantitative estimate of drug-likeness (QED) is 0.623. The Kier molecular flexibility index (Phi) is 3.40. The largest absolute Gasteiger partial charge is 0.299 e. The summed E-state index contributed by atoms with van der Waals surface area (Å²) in [6.45, 7) is 7.17. The van der Waals surface area contributed by atoms with Crippen LogP contribution in [0.1, 0.15) is 19.8 Å². The fourth-order valence-electron chi connectivity index (χ4n) is 2.40. The lowest BCUT2D eigenvalue weighted by molar-refractivity contribution is -0.129. The molecule has 0 amide bonds. The molecule has 0 saturated carbocycles. The Morgan fingerprint density at radius 1 is 1.33 bits per heavy atom. The lowest BCUT2D eigenvalue weighted by atomic mass is 10.0. The molecule has 0 radical (unpaired) electrons. The fraction of sp³-hybridized carbons (Fsp3) is 0.750. The number of rotatable bonds is 3. The van der Waals surface area contributed by atoms with E-state index in [-0.39, 0.29) is 6.04 Å². The number of nitrogens with zero attached hydrogens (tertiary/aromatic N) is 2. The van der Waals surface area contributed by atoms with E-state index >= 15 is 0 Å². The zero-order valence-electron chi connectivity index (χ0n) is 9.33. The summed E-state index contributed by atoms with van der Waals surface area (Å²) in [6, 6.07) is 0.158. The van der Waals surface area contributed by atoms with Gasteiger partial charge in [0.05, 0.1) is 6.04 Å². The summed E-state index contributed by atoms with van der Waals surface area (Å²) in [5.41, 5.74) is 0. The van der Waals surface area contributed by atoms with E-state index in [0.717, 1.165) is 39.1 Å². The lowest BCUT2D eigenvalue weighted by Crippen LogP contribution is -2.63. The van der Waals surface area contributed by atoms with Crippen molar-refractivity contribution in [2.75, 3.05) is 32.7 Å². The summed E-state index contributed by atoms with van der Waals surface area (Å²) in [6.07, 6.45) is 1.34. The Morgan fingerprint density at radius 2 is 2.07 bits per heavy atom. The molecule has 3 heterocycles. The van der Waals surface area contributed by atoms with Gasteiger partial charge in [0.2, 0.25) is 0 Å². The number of carbonyl (C=O) groups excluding carboxylic acids is 1. The van der Waals surface area contributed by atoms with Crippen molar-refractivity contribution in [2.45, 2.75) is 25.8 Å². The van der Waals surface area contributed by atoms with E-state index in [1.807, 2.05) is 6.92 Å². The summed E-state index contributed by atoms with van der Waals surface area (Å²) >= 11 is 0. The molecular weight excluding hydrogens is 188 g/mol. The molecule has 0 spiro atoms. The van der Waals surface area contributed by atoms with Crippen LogP contribution in [0.4, 0.5) is 0 Å². The summed E-state index contributed by atoms with van der Waals surface area (Å²) in [5.74, 6) is 6.17. The Labute approximate surface area is 91.4 Å². The third kappa shape index (κ3) is 2.39. The van der Waals surface area contributed by atoms with Crippen LogP contribution in [0.3, 0.4) is 0 Å². The third-order valence-corrected chi connectivity index (χ3v) is 3.32. The second-order valence-electron chi connectivity index (χ2n) is 4.25. The molecule has 3 aliphatic rings. The Morgan fingerprint density at radius 3 is 2.60 bits per heavy atom. The number of carbonyl (C=O) groups is 1. The number of Topliss-reactive ketones (excluding diaryl/α,β-unsaturated/α-hetero) is 1. The predicted octanol–water partition coefficient (Wildman–Crippen LogP) is 0.359. The molecule has 3 rings (SSSR count). The maximum atomic E-state index is 11.9. The van der Waals surface area contributed by atoms with Crippen molar-refractivity contribution < 1.29 is 4.79 Å².